The molecule has 2 aliphatic heterocycles. The maximum absolute atomic E-state index is 12.7. The first-order valence-corrected chi connectivity index (χ1v) is 10.2. The first-order chi connectivity index (χ1) is 13.6. The molecule has 1 spiro atoms. The summed E-state index contributed by atoms with van der Waals surface area (Å²) in [7, 11) is 3.61. The van der Waals surface area contributed by atoms with Crippen molar-refractivity contribution in [3.05, 3.63) is 59.2 Å². The molecule has 3 aliphatic rings. The van der Waals surface area contributed by atoms with Crippen molar-refractivity contribution in [2.45, 2.75) is 43.3 Å². The van der Waals surface area contributed by atoms with Gasteiger partial charge in [-0.15, -0.1) is 0 Å². The summed E-state index contributed by atoms with van der Waals surface area (Å²) < 4.78 is 5.70. The van der Waals surface area contributed by atoms with E-state index in [4.69, 9.17) is 4.74 Å². The van der Waals surface area contributed by atoms with Gasteiger partial charge in [0.25, 0.3) is 0 Å². The summed E-state index contributed by atoms with van der Waals surface area (Å²) in [6.07, 6.45) is 3.00. The second-order valence-electron chi connectivity index (χ2n) is 8.25. The summed E-state index contributed by atoms with van der Waals surface area (Å²) in [4.78, 5) is 14.5. The third-order valence-electron chi connectivity index (χ3n) is 6.68. The van der Waals surface area contributed by atoms with Crippen LogP contribution < -0.4 is 20.3 Å². The van der Waals surface area contributed by atoms with Gasteiger partial charge < -0.3 is 20.3 Å². The third-order valence-corrected chi connectivity index (χ3v) is 6.68. The van der Waals surface area contributed by atoms with Crippen LogP contribution in [0.3, 0.4) is 0 Å². The molecule has 0 bridgehead atoms. The Labute approximate surface area is 166 Å². The summed E-state index contributed by atoms with van der Waals surface area (Å²) in [6.45, 7) is 1.74. The average Bonchev–Trinajstić information content (AvgIpc) is 3.36. The minimum absolute atomic E-state index is 0.235. The molecular formula is C23H27N3O2. The van der Waals surface area contributed by atoms with Crippen molar-refractivity contribution in [3.8, 4) is 5.75 Å². The van der Waals surface area contributed by atoms with Crippen molar-refractivity contribution in [3.63, 3.8) is 0 Å². The van der Waals surface area contributed by atoms with Gasteiger partial charge in [0.1, 0.15) is 5.75 Å². The Hall–Kier alpha value is -2.37. The van der Waals surface area contributed by atoms with E-state index in [0.717, 1.165) is 54.9 Å². The van der Waals surface area contributed by atoms with Gasteiger partial charge in [0, 0.05) is 36.9 Å². The first-order valence-electron chi connectivity index (χ1n) is 10.2. The molecule has 2 fully saturated rings. The molecule has 5 rings (SSSR count). The van der Waals surface area contributed by atoms with Gasteiger partial charge in [0.15, 0.2) is 0 Å². The zero-order chi connectivity index (χ0) is 19.3. The van der Waals surface area contributed by atoms with Gasteiger partial charge in [-0.1, -0.05) is 30.3 Å². The predicted octanol–water partition coefficient (Wildman–Crippen LogP) is 2.90. The number of likely N-dealkylation sites (N-methyl/N-ethyl adjacent to an activating group) is 1. The highest BCUT2D eigenvalue weighted by atomic mass is 16.5. The molecule has 5 heteroatoms. The lowest BCUT2D eigenvalue weighted by molar-refractivity contribution is -0.119. The normalized spacial score (nSPS) is 24.6. The SMILES string of the molecule is COc1cc2c(cc1CN[C@H]1CCN[C@H]1c1ccccc1)N(C)C(=O)C21CC1. The molecular weight excluding hydrogens is 350 g/mol. The minimum Gasteiger partial charge on any atom is -0.496 e. The fourth-order valence-electron chi connectivity index (χ4n) is 4.93. The summed E-state index contributed by atoms with van der Waals surface area (Å²) in [5, 5.41) is 7.34. The van der Waals surface area contributed by atoms with E-state index in [1.807, 2.05) is 11.9 Å². The van der Waals surface area contributed by atoms with Crippen molar-refractivity contribution in [2.75, 3.05) is 25.6 Å². The molecule has 2 N–H and O–H groups in total. The van der Waals surface area contributed by atoms with E-state index >= 15 is 0 Å². The second-order valence-corrected chi connectivity index (χ2v) is 8.25. The number of rotatable bonds is 5. The molecule has 146 valence electrons. The number of hydrogen-bond acceptors (Lipinski definition) is 4. The fraction of sp³-hybridized carbons (Fsp3) is 0.435. The Bertz CT molecular complexity index is 908. The smallest absolute Gasteiger partial charge is 0.237 e. The minimum atomic E-state index is -0.267. The molecule has 2 aromatic rings. The molecule has 1 saturated heterocycles. The number of ether oxygens (including phenoxy) is 1. The number of methoxy groups -OCH3 is 1. The van der Waals surface area contributed by atoms with Crippen LogP contribution in [0.5, 0.6) is 5.75 Å². The van der Waals surface area contributed by atoms with Crippen LogP contribution >= 0.6 is 0 Å². The zero-order valence-corrected chi connectivity index (χ0v) is 16.5. The lowest BCUT2D eigenvalue weighted by Crippen LogP contribution is -2.34. The number of carbonyl (C=O) groups is 1. The Morgan fingerprint density at radius 2 is 2.04 bits per heavy atom. The van der Waals surface area contributed by atoms with Gasteiger partial charge in [-0.05, 0) is 49.1 Å². The molecule has 2 aromatic carbocycles. The van der Waals surface area contributed by atoms with Gasteiger partial charge in [-0.2, -0.15) is 0 Å². The van der Waals surface area contributed by atoms with Gasteiger partial charge in [-0.25, -0.2) is 0 Å². The summed E-state index contributed by atoms with van der Waals surface area (Å²) in [6, 6.07) is 15.5. The lowest BCUT2D eigenvalue weighted by atomic mass is 9.95. The molecule has 1 saturated carbocycles. The van der Waals surface area contributed by atoms with Crippen LogP contribution in [0.1, 0.15) is 42.0 Å². The lowest BCUT2D eigenvalue weighted by Gasteiger charge is -2.22. The van der Waals surface area contributed by atoms with Crippen molar-refractivity contribution >= 4 is 11.6 Å². The molecule has 0 aromatic heterocycles. The Morgan fingerprint density at radius 1 is 1.25 bits per heavy atom. The molecule has 28 heavy (non-hydrogen) atoms. The Kier molecular flexibility index (Phi) is 4.18. The van der Waals surface area contributed by atoms with Crippen molar-refractivity contribution < 1.29 is 9.53 Å². The van der Waals surface area contributed by atoms with Crippen LogP contribution in [-0.2, 0) is 16.8 Å². The standard InChI is InChI=1S/C23H27N3O2/c1-26-19-12-16(20(28-2)13-17(19)23(9-10-23)22(26)27)14-25-18-8-11-24-21(18)15-6-4-3-5-7-15/h3-7,12-13,18,21,24-25H,8-11,14H2,1-2H3/t18-,21-/m0/s1. The zero-order valence-electron chi connectivity index (χ0n) is 16.5. The van der Waals surface area contributed by atoms with E-state index < -0.39 is 0 Å². The van der Waals surface area contributed by atoms with Crippen molar-refractivity contribution in [1.82, 2.24) is 10.6 Å². The van der Waals surface area contributed by atoms with Gasteiger partial charge in [0.05, 0.1) is 12.5 Å². The number of nitrogens with zero attached hydrogens (tertiary/aromatic N) is 1. The number of benzene rings is 2. The van der Waals surface area contributed by atoms with Gasteiger partial charge >= 0.3 is 0 Å². The molecule has 0 radical (unpaired) electrons. The van der Waals surface area contributed by atoms with Crippen LogP contribution in [0.4, 0.5) is 5.69 Å². The Morgan fingerprint density at radius 3 is 2.75 bits per heavy atom. The highest BCUT2D eigenvalue weighted by Crippen LogP contribution is 2.58. The van der Waals surface area contributed by atoms with E-state index in [2.05, 4.69) is 53.1 Å². The molecule has 1 amide bonds. The van der Waals surface area contributed by atoms with E-state index in [0.29, 0.717) is 12.1 Å². The fourth-order valence-corrected chi connectivity index (χ4v) is 4.93. The quantitative estimate of drug-likeness (QED) is 0.841. The first kappa shape index (κ1) is 17.7. The van der Waals surface area contributed by atoms with Crippen LogP contribution in [0, 0.1) is 0 Å². The number of fused-ring (bicyclic) bond motifs is 2. The number of nitrogens with one attached hydrogen (secondary N) is 2. The van der Waals surface area contributed by atoms with Crippen LogP contribution in [0.15, 0.2) is 42.5 Å². The van der Waals surface area contributed by atoms with Crippen molar-refractivity contribution in [2.24, 2.45) is 0 Å². The van der Waals surface area contributed by atoms with E-state index in [-0.39, 0.29) is 11.3 Å². The summed E-state index contributed by atoms with van der Waals surface area (Å²) in [5.74, 6) is 1.11. The third kappa shape index (κ3) is 2.65. The number of carbonyl (C=O) groups excluding carboxylic acids is 1. The monoisotopic (exact) mass is 377 g/mol. The number of amides is 1. The van der Waals surface area contributed by atoms with E-state index in [1.165, 1.54) is 5.56 Å². The highest BCUT2D eigenvalue weighted by Gasteiger charge is 2.58. The van der Waals surface area contributed by atoms with E-state index in [1.54, 1.807) is 7.11 Å². The van der Waals surface area contributed by atoms with Crippen LogP contribution in [-0.4, -0.2) is 32.7 Å². The molecule has 5 nitrogen and oxygen atoms in total. The maximum Gasteiger partial charge on any atom is 0.237 e. The van der Waals surface area contributed by atoms with Gasteiger partial charge in [0.2, 0.25) is 5.91 Å². The van der Waals surface area contributed by atoms with Gasteiger partial charge in [-0.3, -0.25) is 4.79 Å². The average molecular weight is 377 g/mol. The number of hydrogen-bond donors (Lipinski definition) is 2. The molecule has 2 heterocycles. The van der Waals surface area contributed by atoms with Crippen LogP contribution in [0.25, 0.3) is 0 Å². The molecule has 1 aliphatic carbocycles. The largest absolute Gasteiger partial charge is 0.496 e. The summed E-state index contributed by atoms with van der Waals surface area (Å²) in [5.41, 5.74) is 4.35. The Balaban J connectivity index is 1.38. The van der Waals surface area contributed by atoms with E-state index in [9.17, 15) is 4.79 Å². The molecule has 2 atom stereocenters. The maximum atomic E-state index is 12.7. The topological polar surface area (TPSA) is 53.6 Å². The predicted molar refractivity (Wildman–Crippen MR) is 110 cm³/mol. The second kappa shape index (κ2) is 6.61. The van der Waals surface area contributed by atoms with Crippen LogP contribution in [0.2, 0.25) is 0 Å². The highest BCUT2D eigenvalue weighted by molar-refractivity contribution is 6.10. The van der Waals surface area contributed by atoms with Crippen molar-refractivity contribution in [1.29, 1.82) is 0 Å². The molecule has 0 unspecified atom stereocenters. The summed E-state index contributed by atoms with van der Waals surface area (Å²) >= 11 is 0. The number of anilines is 1.